The van der Waals surface area contributed by atoms with E-state index in [1.165, 1.54) is 0 Å². The largest absolute Gasteiger partial charge is 0.480 e. The zero-order valence-corrected chi connectivity index (χ0v) is 11.4. The molecule has 0 unspecified atom stereocenters. The molecule has 114 valence electrons. The van der Waals surface area contributed by atoms with Crippen LogP contribution in [0.15, 0.2) is 0 Å². The first-order valence-electron chi connectivity index (χ1n) is 5.91. The summed E-state index contributed by atoms with van der Waals surface area (Å²) < 4.78 is 0. The van der Waals surface area contributed by atoms with Crippen LogP contribution in [0.5, 0.6) is 0 Å². The highest BCUT2D eigenvalue weighted by Gasteiger charge is 2.26. The van der Waals surface area contributed by atoms with E-state index in [2.05, 4.69) is 10.6 Å². The lowest BCUT2D eigenvalue weighted by molar-refractivity contribution is -0.139. The smallest absolute Gasteiger partial charge is 0.326 e. The van der Waals surface area contributed by atoms with E-state index in [-0.39, 0.29) is 19.3 Å². The molecule has 0 rings (SSSR count). The van der Waals surface area contributed by atoms with Crippen LogP contribution in [-0.4, -0.2) is 40.5 Å². The van der Waals surface area contributed by atoms with Gasteiger partial charge in [0.25, 0.3) is 0 Å². The summed E-state index contributed by atoms with van der Waals surface area (Å²) in [5.41, 5.74) is 9.03. The Labute approximate surface area is 116 Å². The van der Waals surface area contributed by atoms with Crippen LogP contribution in [0.4, 0.5) is 4.79 Å². The van der Waals surface area contributed by atoms with Gasteiger partial charge in [-0.1, -0.05) is 0 Å². The Kier molecular flexibility index (Phi) is 6.47. The van der Waals surface area contributed by atoms with Crippen molar-refractivity contribution in [1.29, 1.82) is 0 Å². The molecule has 0 aliphatic carbocycles. The zero-order chi connectivity index (χ0) is 15.9. The predicted molar refractivity (Wildman–Crippen MR) is 69.4 cm³/mol. The molecule has 0 radical (unpaired) electrons. The van der Waals surface area contributed by atoms with Crippen molar-refractivity contribution in [3.05, 3.63) is 0 Å². The standard InChI is InChI=1S/C11H20N4O5/c1-11(2,5-8(13)17)15-10(20)14-6(9(18)19)3-4-7(12)16/h6H,3-5H2,1-2H3,(H2,12,16)(H2,13,17)(H,18,19)(H2,14,15,20)/t6-/m0/s1. The third kappa shape index (κ3) is 7.90. The number of carboxylic acids is 1. The van der Waals surface area contributed by atoms with Gasteiger partial charge in [-0.25, -0.2) is 9.59 Å². The Morgan fingerprint density at radius 2 is 1.70 bits per heavy atom. The Morgan fingerprint density at radius 1 is 1.15 bits per heavy atom. The van der Waals surface area contributed by atoms with Crippen LogP contribution in [0.1, 0.15) is 33.1 Å². The fourth-order valence-corrected chi connectivity index (χ4v) is 1.53. The molecule has 0 fully saturated rings. The molecule has 9 nitrogen and oxygen atoms in total. The second kappa shape index (κ2) is 7.31. The van der Waals surface area contributed by atoms with Crippen LogP contribution >= 0.6 is 0 Å². The van der Waals surface area contributed by atoms with E-state index in [9.17, 15) is 19.2 Å². The highest BCUT2D eigenvalue weighted by molar-refractivity contribution is 5.84. The van der Waals surface area contributed by atoms with Gasteiger partial charge < -0.3 is 27.2 Å². The first-order valence-corrected chi connectivity index (χ1v) is 5.91. The number of rotatable bonds is 8. The molecule has 0 spiro atoms. The second-order valence-corrected chi connectivity index (χ2v) is 5.02. The SMILES string of the molecule is CC(C)(CC(N)=O)NC(=O)N[C@@H](CCC(N)=O)C(=O)O. The van der Waals surface area contributed by atoms with Gasteiger partial charge in [-0.3, -0.25) is 9.59 Å². The first kappa shape index (κ1) is 17.7. The maximum absolute atomic E-state index is 11.6. The minimum atomic E-state index is -1.28. The topological polar surface area (TPSA) is 165 Å². The third-order valence-corrected chi connectivity index (χ3v) is 2.35. The van der Waals surface area contributed by atoms with Crippen molar-refractivity contribution in [1.82, 2.24) is 10.6 Å². The number of carbonyl (C=O) groups excluding carboxylic acids is 3. The van der Waals surface area contributed by atoms with Crippen LogP contribution < -0.4 is 22.1 Å². The monoisotopic (exact) mass is 288 g/mol. The van der Waals surface area contributed by atoms with Crippen molar-refractivity contribution in [2.24, 2.45) is 11.5 Å². The number of carbonyl (C=O) groups is 4. The number of urea groups is 1. The van der Waals surface area contributed by atoms with E-state index in [1.54, 1.807) is 13.8 Å². The van der Waals surface area contributed by atoms with Crippen molar-refractivity contribution < 1.29 is 24.3 Å². The number of hydrogen-bond donors (Lipinski definition) is 5. The normalized spacial score (nSPS) is 12.3. The molecule has 0 aliphatic rings. The Morgan fingerprint density at radius 3 is 2.10 bits per heavy atom. The number of amides is 4. The lowest BCUT2D eigenvalue weighted by Crippen LogP contribution is -2.53. The summed E-state index contributed by atoms with van der Waals surface area (Å²) in [7, 11) is 0. The highest BCUT2D eigenvalue weighted by Crippen LogP contribution is 2.07. The molecule has 0 aliphatic heterocycles. The Balaban J connectivity index is 4.49. The highest BCUT2D eigenvalue weighted by atomic mass is 16.4. The van der Waals surface area contributed by atoms with Gasteiger partial charge in [0.2, 0.25) is 11.8 Å². The van der Waals surface area contributed by atoms with Crippen LogP contribution in [0.2, 0.25) is 0 Å². The molecule has 0 heterocycles. The van der Waals surface area contributed by atoms with Gasteiger partial charge >= 0.3 is 12.0 Å². The van der Waals surface area contributed by atoms with Gasteiger partial charge in [0.05, 0.1) is 0 Å². The van der Waals surface area contributed by atoms with Gasteiger partial charge in [0.15, 0.2) is 0 Å². The van der Waals surface area contributed by atoms with Crippen LogP contribution in [0.25, 0.3) is 0 Å². The van der Waals surface area contributed by atoms with Crippen molar-refractivity contribution >= 4 is 23.8 Å². The number of aliphatic carboxylic acids is 1. The number of nitrogens with one attached hydrogen (secondary N) is 2. The van der Waals surface area contributed by atoms with E-state index >= 15 is 0 Å². The van der Waals surface area contributed by atoms with Crippen molar-refractivity contribution in [3.63, 3.8) is 0 Å². The maximum Gasteiger partial charge on any atom is 0.326 e. The molecule has 20 heavy (non-hydrogen) atoms. The zero-order valence-electron chi connectivity index (χ0n) is 11.4. The predicted octanol–water partition coefficient (Wildman–Crippen LogP) is -1.34. The van der Waals surface area contributed by atoms with Gasteiger partial charge in [-0.15, -0.1) is 0 Å². The quantitative estimate of drug-likeness (QED) is 0.372. The number of nitrogens with two attached hydrogens (primary N) is 2. The third-order valence-electron chi connectivity index (χ3n) is 2.35. The Bertz CT molecular complexity index is 408. The first-order chi connectivity index (χ1) is 9.03. The van der Waals surface area contributed by atoms with Crippen LogP contribution in [0, 0.1) is 0 Å². The van der Waals surface area contributed by atoms with E-state index in [4.69, 9.17) is 16.6 Å². The van der Waals surface area contributed by atoms with Gasteiger partial charge in [0.1, 0.15) is 6.04 Å². The molecule has 0 aromatic carbocycles. The molecule has 0 saturated carbocycles. The average Bonchev–Trinajstić information content (AvgIpc) is 2.20. The van der Waals surface area contributed by atoms with E-state index in [0.29, 0.717) is 0 Å². The van der Waals surface area contributed by atoms with Crippen molar-refractivity contribution in [2.75, 3.05) is 0 Å². The molecule has 7 N–H and O–H groups in total. The summed E-state index contributed by atoms with van der Waals surface area (Å²) in [6.07, 6.45) is -0.379. The molecule has 0 bridgehead atoms. The summed E-state index contributed by atoms with van der Waals surface area (Å²) in [6, 6.07) is -2.01. The lowest BCUT2D eigenvalue weighted by Gasteiger charge is -2.26. The molecule has 0 aromatic heterocycles. The Hall–Kier alpha value is -2.32. The minimum absolute atomic E-state index is 0.0978. The molecule has 1 atom stereocenters. The fraction of sp³-hybridized carbons (Fsp3) is 0.636. The summed E-state index contributed by atoms with van der Waals surface area (Å²) in [6.45, 7) is 3.13. The van der Waals surface area contributed by atoms with E-state index in [0.717, 1.165) is 0 Å². The number of hydrogen-bond acceptors (Lipinski definition) is 4. The number of primary amides is 2. The maximum atomic E-state index is 11.6. The molecule has 4 amide bonds. The summed E-state index contributed by atoms with van der Waals surface area (Å²) in [5, 5.41) is 13.5. The molecule has 0 saturated heterocycles. The van der Waals surface area contributed by atoms with Crippen molar-refractivity contribution in [3.8, 4) is 0 Å². The van der Waals surface area contributed by atoms with Crippen molar-refractivity contribution in [2.45, 2.75) is 44.7 Å². The van der Waals surface area contributed by atoms with Gasteiger partial charge in [0, 0.05) is 18.4 Å². The summed E-state index contributed by atoms with van der Waals surface area (Å²) in [4.78, 5) is 44.0. The van der Waals surface area contributed by atoms with Crippen LogP contribution in [0.3, 0.4) is 0 Å². The summed E-state index contributed by atoms with van der Waals surface area (Å²) in [5.74, 6) is -2.54. The molecule has 0 aromatic rings. The van der Waals surface area contributed by atoms with E-state index < -0.39 is 35.4 Å². The molecule has 9 heteroatoms. The lowest BCUT2D eigenvalue weighted by atomic mass is 10.0. The average molecular weight is 288 g/mol. The molecular weight excluding hydrogens is 268 g/mol. The second-order valence-electron chi connectivity index (χ2n) is 5.02. The van der Waals surface area contributed by atoms with Gasteiger partial charge in [-0.2, -0.15) is 0 Å². The molecular formula is C11H20N4O5. The number of carboxylic acid groups (broad SMARTS) is 1. The summed E-state index contributed by atoms with van der Waals surface area (Å²) >= 11 is 0. The fourth-order valence-electron chi connectivity index (χ4n) is 1.53. The minimum Gasteiger partial charge on any atom is -0.480 e. The van der Waals surface area contributed by atoms with Gasteiger partial charge in [-0.05, 0) is 20.3 Å². The van der Waals surface area contributed by atoms with E-state index in [1.807, 2.05) is 0 Å². The van der Waals surface area contributed by atoms with Crippen LogP contribution in [-0.2, 0) is 14.4 Å².